The van der Waals surface area contributed by atoms with Crippen LogP contribution < -0.4 is 20.9 Å². The summed E-state index contributed by atoms with van der Waals surface area (Å²) in [7, 11) is 1.64. The largest absolute Gasteiger partial charge is 0.497 e. The summed E-state index contributed by atoms with van der Waals surface area (Å²) in [4.78, 5) is 55.3. The van der Waals surface area contributed by atoms with E-state index < -0.39 is 29.8 Å². The zero-order chi connectivity index (χ0) is 30.4. The highest BCUT2D eigenvalue weighted by atomic mass is 16.5. The second kappa shape index (κ2) is 13.3. The minimum atomic E-state index is -1.26. The van der Waals surface area contributed by atoms with Crippen LogP contribution in [-0.2, 0) is 14.4 Å². The maximum Gasteiger partial charge on any atom is 0.337 e. The molecular weight excluding hydrogens is 542 g/mol. The monoisotopic (exact) mass is 577 g/mol. The summed E-state index contributed by atoms with van der Waals surface area (Å²) in [6.07, 6.45) is 1.80. The lowest BCUT2D eigenvalue weighted by Crippen LogP contribution is -2.49. The molecule has 1 fully saturated rings. The van der Waals surface area contributed by atoms with Crippen LogP contribution in [0.3, 0.4) is 0 Å². The topological polar surface area (TPSA) is 170 Å². The Bertz CT molecular complexity index is 1430. The van der Waals surface area contributed by atoms with Gasteiger partial charge in [0.2, 0.25) is 0 Å². The van der Waals surface area contributed by atoms with Crippen molar-refractivity contribution in [2.75, 3.05) is 32.1 Å². The molecule has 12 heteroatoms. The molecule has 2 unspecified atom stereocenters. The Morgan fingerprint density at radius 3 is 2.33 bits per heavy atom. The molecule has 2 aliphatic heterocycles. The number of carbonyl (C=O) groups is 4. The van der Waals surface area contributed by atoms with Gasteiger partial charge in [-0.15, -0.1) is 0 Å². The van der Waals surface area contributed by atoms with E-state index in [9.17, 15) is 29.4 Å². The number of allylic oxidation sites excluding steroid dienone is 1. The molecule has 1 saturated heterocycles. The highest BCUT2D eigenvalue weighted by Gasteiger charge is 2.41. The molecule has 2 aromatic rings. The van der Waals surface area contributed by atoms with E-state index >= 15 is 0 Å². The molecule has 5 N–H and O–H groups in total. The molecule has 12 nitrogen and oxygen atoms in total. The number of amides is 3. The van der Waals surface area contributed by atoms with E-state index in [0.29, 0.717) is 22.9 Å². The first-order valence-electron chi connectivity index (χ1n) is 13.6. The van der Waals surface area contributed by atoms with Gasteiger partial charge in [0.25, 0.3) is 5.91 Å². The summed E-state index contributed by atoms with van der Waals surface area (Å²) in [6, 6.07) is 13.6. The Labute approximate surface area is 243 Å². The van der Waals surface area contributed by atoms with Crippen LogP contribution in [0, 0.1) is 5.92 Å². The zero-order valence-corrected chi connectivity index (χ0v) is 23.7. The average Bonchev–Trinajstić information content (AvgIpc) is 2.95. The first-order chi connectivity index (χ1) is 20.1. The lowest BCUT2D eigenvalue weighted by molar-refractivity contribution is -0.140. The van der Waals surface area contributed by atoms with Crippen LogP contribution in [0.4, 0.5) is 10.5 Å². The lowest BCUT2D eigenvalue weighted by Gasteiger charge is -2.31. The van der Waals surface area contributed by atoms with Crippen molar-refractivity contribution in [2.45, 2.75) is 38.5 Å². The number of aliphatic carboxylic acids is 2. The number of anilines is 1. The van der Waals surface area contributed by atoms with Crippen LogP contribution in [0.5, 0.6) is 5.75 Å². The second-order valence-corrected chi connectivity index (χ2v) is 10.4. The number of hydrogen-bond acceptors (Lipinski definition) is 7. The second-order valence-electron chi connectivity index (χ2n) is 10.4. The lowest BCUT2D eigenvalue weighted by atomic mass is 9.75. The van der Waals surface area contributed by atoms with E-state index in [-0.39, 0.29) is 23.7 Å². The number of urea groups is 1. The summed E-state index contributed by atoms with van der Waals surface area (Å²) < 4.78 is 5.32. The number of methoxy groups -OCH3 is 1. The van der Waals surface area contributed by atoms with Gasteiger partial charge < -0.3 is 20.3 Å². The molecule has 0 radical (unpaired) electrons. The van der Waals surface area contributed by atoms with Gasteiger partial charge in [-0.05, 0) is 81.1 Å². The van der Waals surface area contributed by atoms with Gasteiger partial charge in [0.05, 0.1) is 19.2 Å². The van der Waals surface area contributed by atoms with Crippen molar-refractivity contribution in [3.8, 4) is 5.75 Å². The Morgan fingerprint density at radius 1 is 0.976 bits per heavy atom. The van der Waals surface area contributed by atoms with Gasteiger partial charge in [0.15, 0.2) is 0 Å². The molecule has 2 aromatic carbocycles. The maximum absolute atomic E-state index is 12.5. The van der Waals surface area contributed by atoms with E-state index in [2.05, 4.69) is 27.2 Å². The van der Waals surface area contributed by atoms with Crippen LogP contribution >= 0.6 is 0 Å². The van der Waals surface area contributed by atoms with Crippen molar-refractivity contribution in [2.24, 2.45) is 10.9 Å². The highest BCUT2D eigenvalue weighted by Crippen LogP contribution is 2.39. The molecule has 2 heterocycles. The highest BCUT2D eigenvalue weighted by molar-refractivity contribution is 6.06. The van der Waals surface area contributed by atoms with Crippen molar-refractivity contribution in [1.29, 1.82) is 0 Å². The summed E-state index contributed by atoms with van der Waals surface area (Å²) in [5, 5.41) is 22.3. The number of hydrogen-bond donors (Lipinski definition) is 5. The number of nitrogens with one attached hydrogen (secondary N) is 3. The molecule has 2 aliphatic rings. The number of nitrogens with zero attached hydrogens (tertiary/aromatic N) is 2. The summed E-state index contributed by atoms with van der Waals surface area (Å²) in [5.41, 5.74) is 7.04. The summed E-state index contributed by atoms with van der Waals surface area (Å²) in [5.74, 6) is -3.80. The third-order valence-electron chi connectivity index (χ3n) is 7.66. The average molecular weight is 578 g/mol. The fourth-order valence-corrected chi connectivity index (χ4v) is 5.66. The van der Waals surface area contributed by atoms with Crippen molar-refractivity contribution in [1.82, 2.24) is 15.8 Å². The number of likely N-dealkylation sites (tertiary alicyclic amines) is 1. The number of rotatable bonds is 8. The maximum atomic E-state index is 12.5. The normalized spacial score (nSPS) is 19.5. The van der Waals surface area contributed by atoms with E-state index in [4.69, 9.17) is 4.74 Å². The van der Waals surface area contributed by atoms with Crippen LogP contribution in [-0.4, -0.2) is 71.4 Å². The molecule has 3 amide bonds. The number of carbonyl (C=O) groups excluding carboxylic acids is 2. The smallest absolute Gasteiger partial charge is 0.337 e. The first kappa shape index (κ1) is 30.3. The van der Waals surface area contributed by atoms with Crippen molar-refractivity contribution < 1.29 is 34.1 Å². The minimum absolute atomic E-state index is 0.116. The fourth-order valence-electron chi connectivity index (χ4n) is 5.66. The number of aliphatic imine (C=N–C) groups is 1. The predicted octanol–water partition coefficient (Wildman–Crippen LogP) is 3.35. The van der Waals surface area contributed by atoms with Crippen LogP contribution in [0.15, 0.2) is 64.8 Å². The van der Waals surface area contributed by atoms with Gasteiger partial charge >= 0.3 is 18.0 Å². The van der Waals surface area contributed by atoms with Gasteiger partial charge in [-0.1, -0.05) is 24.3 Å². The standard InChI is InChI=1S/C30H35N5O7/c1-17-25(28(37)38)27(26(29(39)40)18(2)31-17)21-7-4-8-22(14-21)32-30(41)34-33-24(36)16-35-12-10-19(11-13-35)20-6-5-9-23(15-20)42-3/h4-9,14-15,19,25,27H,10-13,16H2,1-3H3,(H,33,36)(H,37,38)(H,39,40)(H2,32,34,41). The number of benzene rings is 2. The van der Waals surface area contributed by atoms with E-state index in [1.165, 1.54) is 18.6 Å². The fraction of sp³-hybridized carbons (Fsp3) is 0.367. The first-order valence-corrected chi connectivity index (χ1v) is 13.6. The van der Waals surface area contributed by atoms with Gasteiger partial charge in [-0.3, -0.25) is 24.9 Å². The molecule has 4 rings (SSSR count). The van der Waals surface area contributed by atoms with E-state index in [0.717, 1.165) is 31.7 Å². The number of ether oxygens (including phenoxy) is 1. The number of carboxylic acids is 2. The summed E-state index contributed by atoms with van der Waals surface area (Å²) >= 11 is 0. The number of piperidine rings is 1. The van der Waals surface area contributed by atoms with Crippen molar-refractivity contribution >= 4 is 35.3 Å². The van der Waals surface area contributed by atoms with Gasteiger partial charge in [-0.2, -0.15) is 0 Å². The number of carboxylic acid groups (broad SMARTS) is 2. The molecule has 2 atom stereocenters. The Kier molecular flexibility index (Phi) is 9.58. The quantitative estimate of drug-likeness (QED) is 0.298. The Morgan fingerprint density at radius 2 is 1.67 bits per heavy atom. The van der Waals surface area contributed by atoms with Crippen molar-refractivity contribution in [3.05, 3.63) is 70.9 Å². The zero-order valence-electron chi connectivity index (χ0n) is 23.7. The van der Waals surface area contributed by atoms with Gasteiger partial charge in [0, 0.05) is 23.0 Å². The molecule has 0 bridgehead atoms. The molecule has 222 valence electrons. The van der Waals surface area contributed by atoms with Crippen molar-refractivity contribution in [3.63, 3.8) is 0 Å². The van der Waals surface area contributed by atoms with Crippen LogP contribution in [0.25, 0.3) is 0 Å². The Balaban J connectivity index is 1.31. The molecule has 42 heavy (non-hydrogen) atoms. The Hall–Kier alpha value is -4.71. The molecule has 0 aromatic heterocycles. The third kappa shape index (κ3) is 7.13. The van der Waals surface area contributed by atoms with Crippen LogP contribution in [0.1, 0.15) is 49.7 Å². The van der Waals surface area contributed by atoms with E-state index in [1.807, 2.05) is 23.1 Å². The van der Waals surface area contributed by atoms with Gasteiger partial charge in [0.1, 0.15) is 11.7 Å². The predicted molar refractivity (Wildman–Crippen MR) is 155 cm³/mol. The van der Waals surface area contributed by atoms with E-state index in [1.54, 1.807) is 32.2 Å². The molecule has 0 saturated carbocycles. The summed E-state index contributed by atoms with van der Waals surface area (Å²) in [6.45, 7) is 4.68. The molecule has 0 aliphatic carbocycles. The number of hydrazine groups is 1. The van der Waals surface area contributed by atoms with Gasteiger partial charge in [-0.25, -0.2) is 15.0 Å². The third-order valence-corrected chi connectivity index (χ3v) is 7.66. The van der Waals surface area contributed by atoms with Crippen LogP contribution in [0.2, 0.25) is 0 Å². The minimum Gasteiger partial charge on any atom is -0.497 e. The SMILES string of the molecule is COc1cccc(C2CCN(CC(=O)NNC(=O)Nc3cccc(C4C(C(=O)O)=C(C)N=C(C)C4C(=O)O)c3)CC2)c1. The molecular formula is C30H35N5O7. The molecule has 0 spiro atoms.